The molecule has 0 aliphatic rings. The van der Waals surface area contributed by atoms with Crippen molar-refractivity contribution in [3.05, 3.63) is 73.3 Å². The first-order valence-electron chi connectivity index (χ1n) is 9.17. The number of benzene rings is 2. The standard InChI is InChI=1S/C21H19BrClN3O4S/c1-12-18(31-17-8-6-5-7-16(17)26(28)29)19(25(24-12)21(2,3)4)30-20(27)14-11-13(22)9-10-15(14)23/h5-11H,1-4H3. The molecular weight excluding hydrogens is 506 g/mol. The minimum absolute atomic E-state index is 0.0391. The van der Waals surface area contributed by atoms with Crippen LogP contribution in [-0.4, -0.2) is 20.7 Å². The van der Waals surface area contributed by atoms with Gasteiger partial charge in [-0.05, 0) is 52.0 Å². The third kappa shape index (κ3) is 5.11. The average molecular weight is 525 g/mol. The molecule has 0 radical (unpaired) electrons. The highest BCUT2D eigenvalue weighted by atomic mass is 79.9. The summed E-state index contributed by atoms with van der Waals surface area (Å²) in [6.07, 6.45) is 0. The van der Waals surface area contributed by atoms with E-state index < -0.39 is 16.4 Å². The summed E-state index contributed by atoms with van der Waals surface area (Å²) in [6, 6.07) is 11.3. The summed E-state index contributed by atoms with van der Waals surface area (Å²) in [4.78, 5) is 24.9. The van der Waals surface area contributed by atoms with E-state index in [0.717, 1.165) is 11.8 Å². The number of carbonyl (C=O) groups is 1. The highest BCUT2D eigenvalue weighted by Gasteiger charge is 2.29. The van der Waals surface area contributed by atoms with Crippen molar-refractivity contribution in [2.75, 3.05) is 0 Å². The zero-order valence-corrected chi connectivity index (χ0v) is 20.3. The van der Waals surface area contributed by atoms with Gasteiger partial charge in [-0.25, -0.2) is 9.48 Å². The summed E-state index contributed by atoms with van der Waals surface area (Å²) >= 11 is 10.7. The predicted octanol–water partition coefficient (Wildman–Crippen LogP) is 6.64. The van der Waals surface area contributed by atoms with Crippen molar-refractivity contribution in [3.63, 3.8) is 0 Å². The van der Waals surface area contributed by atoms with Gasteiger partial charge in [0, 0.05) is 10.5 Å². The summed E-state index contributed by atoms with van der Waals surface area (Å²) in [5.41, 5.74) is 0.226. The number of esters is 1. The van der Waals surface area contributed by atoms with Crippen molar-refractivity contribution >= 4 is 50.9 Å². The van der Waals surface area contributed by atoms with E-state index in [-0.39, 0.29) is 22.2 Å². The number of nitro benzene ring substituents is 1. The van der Waals surface area contributed by atoms with Crippen molar-refractivity contribution in [2.24, 2.45) is 0 Å². The fraction of sp³-hybridized carbons (Fsp3) is 0.238. The first kappa shape index (κ1) is 23.3. The van der Waals surface area contributed by atoms with E-state index in [2.05, 4.69) is 21.0 Å². The van der Waals surface area contributed by atoms with Gasteiger partial charge in [0.05, 0.1) is 36.5 Å². The quantitative estimate of drug-likeness (QED) is 0.211. The monoisotopic (exact) mass is 523 g/mol. The number of hydrogen-bond donors (Lipinski definition) is 0. The van der Waals surface area contributed by atoms with Crippen LogP contribution in [0.25, 0.3) is 0 Å². The summed E-state index contributed by atoms with van der Waals surface area (Å²) in [6.45, 7) is 7.52. The van der Waals surface area contributed by atoms with Gasteiger partial charge in [-0.1, -0.05) is 51.4 Å². The first-order valence-corrected chi connectivity index (χ1v) is 11.2. The van der Waals surface area contributed by atoms with Crippen LogP contribution in [0.3, 0.4) is 0 Å². The van der Waals surface area contributed by atoms with E-state index in [9.17, 15) is 14.9 Å². The molecule has 0 bridgehead atoms. The molecule has 0 N–H and O–H groups in total. The molecule has 0 saturated heterocycles. The van der Waals surface area contributed by atoms with Crippen molar-refractivity contribution in [3.8, 4) is 5.88 Å². The molecule has 1 heterocycles. The van der Waals surface area contributed by atoms with Gasteiger partial charge in [-0.15, -0.1) is 0 Å². The molecule has 3 aromatic rings. The fourth-order valence-corrected chi connectivity index (χ4v) is 4.33. The number of carbonyl (C=O) groups excluding carboxylic acids is 1. The number of aryl methyl sites for hydroxylation is 1. The second kappa shape index (κ2) is 9.02. The van der Waals surface area contributed by atoms with Gasteiger partial charge in [0.25, 0.3) is 5.69 Å². The number of aromatic nitrogens is 2. The van der Waals surface area contributed by atoms with Crippen molar-refractivity contribution in [2.45, 2.75) is 43.0 Å². The Kier molecular flexibility index (Phi) is 6.78. The average Bonchev–Trinajstić information content (AvgIpc) is 3.00. The van der Waals surface area contributed by atoms with E-state index in [1.807, 2.05) is 20.8 Å². The molecule has 7 nitrogen and oxygen atoms in total. The van der Waals surface area contributed by atoms with Gasteiger partial charge in [0.15, 0.2) is 0 Å². The molecule has 0 amide bonds. The number of para-hydroxylation sites is 1. The lowest BCUT2D eigenvalue weighted by Crippen LogP contribution is -2.25. The molecule has 0 aliphatic heterocycles. The smallest absolute Gasteiger partial charge is 0.346 e. The number of halogens is 2. The Bertz CT molecular complexity index is 1170. The zero-order chi connectivity index (χ0) is 22.9. The lowest BCUT2D eigenvalue weighted by atomic mass is 10.1. The summed E-state index contributed by atoms with van der Waals surface area (Å²) in [5.74, 6) is -0.449. The van der Waals surface area contributed by atoms with Crippen molar-refractivity contribution in [1.29, 1.82) is 0 Å². The Morgan fingerprint density at radius 3 is 2.58 bits per heavy atom. The molecule has 1 aromatic heterocycles. The Balaban J connectivity index is 2.10. The molecule has 10 heteroatoms. The molecule has 31 heavy (non-hydrogen) atoms. The van der Waals surface area contributed by atoms with Gasteiger partial charge in [0.2, 0.25) is 5.88 Å². The number of nitrogens with zero attached hydrogens (tertiary/aromatic N) is 3. The number of nitro groups is 1. The van der Waals surface area contributed by atoms with E-state index in [4.69, 9.17) is 16.3 Å². The Morgan fingerprint density at radius 1 is 1.26 bits per heavy atom. The van der Waals surface area contributed by atoms with Gasteiger partial charge in [-0.3, -0.25) is 10.1 Å². The summed E-state index contributed by atoms with van der Waals surface area (Å²) < 4.78 is 8.06. The SMILES string of the molecule is Cc1nn(C(C)(C)C)c(OC(=O)c2cc(Br)ccc2Cl)c1Sc1ccccc1[N+](=O)[O-]. The molecule has 0 spiro atoms. The number of ether oxygens (including phenoxy) is 1. The molecule has 0 atom stereocenters. The van der Waals surface area contributed by atoms with Crippen molar-refractivity contribution in [1.82, 2.24) is 9.78 Å². The Labute approximate surface area is 197 Å². The summed E-state index contributed by atoms with van der Waals surface area (Å²) in [5, 5.41) is 16.2. The second-order valence-corrected chi connectivity index (χ2v) is 10.0. The van der Waals surface area contributed by atoms with Gasteiger partial charge >= 0.3 is 5.97 Å². The normalized spacial score (nSPS) is 11.4. The van der Waals surface area contributed by atoms with Crippen LogP contribution >= 0.6 is 39.3 Å². The predicted molar refractivity (Wildman–Crippen MR) is 123 cm³/mol. The molecule has 0 unspecified atom stereocenters. The minimum Gasteiger partial charge on any atom is -0.403 e. The van der Waals surface area contributed by atoms with Crippen LogP contribution in [0, 0.1) is 17.0 Å². The minimum atomic E-state index is -0.652. The lowest BCUT2D eigenvalue weighted by Gasteiger charge is -2.22. The molecular formula is C21H19BrClN3O4S. The maximum Gasteiger partial charge on any atom is 0.346 e. The van der Waals surface area contributed by atoms with Crippen LogP contribution in [0.15, 0.2) is 56.7 Å². The maximum absolute atomic E-state index is 13.0. The van der Waals surface area contributed by atoms with Crippen LogP contribution in [0.5, 0.6) is 5.88 Å². The van der Waals surface area contributed by atoms with E-state index in [0.29, 0.717) is 20.0 Å². The topological polar surface area (TPSA) is 87.3 Å². The molecule has 0 saturated carbocycles. The van der Waals surface area contributed by atoms with E-state index in [1.54, 1.807) is 48.0 Å². The highest BCUT2D eigenvalue weighted by Crippen LogP contribution is 2.43. The lowest BCUT2D eigenvalue weighted by molar-refractivity contribution is -0.387. The number of hydrogen-bond acceptors (Lipinski definition) is 6. The fourth-order valence-electron chi connectivity index (χ4n) is 2.75. The zero-order valence-electron chi connectivity index (χ0n) is 17.2. The number of rotatable bonds is 5. The summed E-state index contributed by atoms with van der Waals surface area (Å²) in [7, 11) is 0. The Morgan fingerprint density at radius 2 is 1.94 bits per heavy atom. The molecule has 162 valence electrons. The van der Waals surface area contributed by atoms with Crippen LogP contribution in [0.1, 0.15) is 36.8 Å². The van der Waals surface area contributed by atoms with Gasteiger partial charge in [-0.2, -0.15) is 5.10 Å². The molecule has 3 rings (SSSR count). The van der Waals surface area contributed by atoms with Crippen LogP contribution in [-0.2, 0) is 5.54 Å². The largest absolute Gasteiger partial charge is 0.403 e. The molecule has 2 aromatic carbocycles. The maximum atomic E-state index is 13.0. The third-order valence-corrected chi connectivity index (χ3v) is 6.27. The Hall–Kier alpha value is -2.36. The van der Waals surface area contributed by atoms with E-state index in [1.165, 1.54) is 6.07 Å². The van der Waals surface area contributed by atoms with Crippen molar-refractivity contribution < 1.29 is 14.5 Å². The second-order valence-electron chi connectivity index (χ2n) is 7.64. The highest BCUT2D eigenvalue weighted by molar-refractivity contribution is 9.10. The van der Waals surface area contributed by atoms with Crippen LogP contribution in [0.4, 0.5) is 5.69 Å². The molecule has 0 fully saturated rings. The third-order valence-electron chi connectivity index (χ3n) is 4.21. The van der Waals surface area contributed by atoms with Gasteiger partial charge < -0.3 is 4.74 Å². The molecule has 0 aliphatic carbocycles. The van der Waals surface area contributed by atoms with Crippen LogP contribution < -0.4 is 4.74 Å². The van der Waals surface area contributed by atoms with E-state index >= 15 is 0 Å². The first-order chi connectivity index (χ1) is 14.5. The van der Waals surface area contributed by atoms with Crippen LogP contribution in [0.2, 0.25) is 5.02 Å². The van der Waals surface area contributed by atoms with Gasteiger partial charge in [0.1, 0.15) is 0 Å².